The molecule has 1 aliphatic heterocycles. The molecule has 0 spiro atoms. The molecule has 20 heavy (non-hydrogen) atoms. The Morgan fingerprint density at radius 2 is 1.85 bits per heavy atom. The monoisotopic (exact) mass is 270 g/mol. The van der Waals surface area contributed by atoms with Gasteiger partial charge in [0, 0.05) is 23.5 Å². The van der Waals surface area contributed by atoms with Crippen molar-refractivity contribution in [3.05, 3.63) is 59.4 Å². The Labute approximate surface area is 119 Å². The van der Waals surface area contributed by atoms with Crippen molar-refractivity contribution in [2.45, 2.75) is 19.3 Å². The molecule has 104 valence electrons. The van der Waals surface area contributed by atoms with Gasteiger partial charge in [0.1, 0.15) is 5.82 Å². The van der Waals surface area contributed by atoms with Crippen molar-refractivity contribution in [1.29, 1.82) is 0 Å². The van der Waals surface area contributed by atoms with E-state index in [1.54, 1.807) is 6.07 Å². The first-order chi connectivity index (χ1) is 9.81. The van der Waals surface area contributed by atoms with Crippen molar-refractivity contribution in [1.82, 2.24) is 0 Å². The lowest BCUT2D eigenvalue weighted by atomic mass is 9.99. The van der Waals surface area contributed by atoms with Crippen LogP contribution in [0.25, 0.3) is 0 Å². The van der Waals surface area contributed by atoms with Crippen LogP contribution in [0.1, 0.15) is 17.5 Å². The first-order valence-electron chi connectivity index (χ1n) is 7.14. The molecule has 0 fully saturated rings. The number of benzene rings is 2. The molecule has 0 saturated heterocycles. The number of rotatable bonds is 3. The van der Waals surface area contributed by atoms with Crippen molar-refractivity contribution >= 4 is 11.4 Å². The Kier molecular flexibility index (Phi) is 3.70. The van der Waals surface area contributed by atoms with Gasteiger partial charge in [0.2, 0.25) is 0 Å². The second-order valence-corrected chi connectivity index (χ2v) is 5.16. The maximum atomic E-state index is 14.1. The van der Waals surface area contributed by atoms with Gasteiger partial charge in [-0.1, -0.05) is 24.3 Å². The third-order valence-corrected chi connectivity index (χ3v) is 3.89. The molecule has 3 rings (SSSR count). The van der Waals surface area contributed by atoms with E-state index in [4.69, 9.17) is 5.73 Å². The third kappa shape index (κ3) is 2.29. The first kappa shape index (κ1) is 13.1. The smallest absolute Gasteiger partial charge is 0.128 e. The topological polar surface area (TPSA) is 29.3 Å². The molecule has 0 aromatic heterocycles. The van der Waals surface area contributed by atoms with E-state index < -0.39 is 0 Å². The number of nitrogens with two attached hydrogens (primary N) is 1. The van der Waals surface area contributed by atoms with Crippen molar-refractivity contribution in [2.24, 2.45) is 5.73 Å². The molecule has 2 aromatic carbocycles. The molecule has 1 heterocycles. The summed E-state index contributed by atoms with van der Waals surface area (Å²) < 4.78 is 14.1. The van der Waals surface area contributed by atoms with E-state index in [9.17, 15) is 4.39 Å². The van der Waals surface area contributed by atoms with Crippen LogP contribution in [0.5, 0.6) is 0 Å². The van der Waals surface area contributed by atoms with Crippen LogP contribution < -0.4 is 10.6 Å². The number of nitrogens with zero attached hydrogens (tertiary/aromatic N) is 1. The Hall–Kier alpha value is -1.87. The fourth-order valence-corrected chi connectivity index (χ4v) is 2.98. The lowest BCUT2D eigenvalue weighted by molar-refractivity contribution is 0.608. The van der Waals surface area contributed by atoms with E-state index in [0.29, 0.717) is 13.0 Å². The number of hydrogen-bond acceptors (Lipinski definition) is 2. The molecule has 2 N–H and O–H groups in total. The van der Waals surface area contributed by atoms with Crippen LogP contribution in [0.3, 0.4) is 0 Å². The first-order valence-corrected chi connectivity index (χ1v) is 7.14. The van der Waals surface area contributed by atoms with Crippen LogP contribution in [0.2, 0.25) is 0 Å². The van der Waals surface area contributed by atoms with Crippen molar-refractivity contribution < 1.29 is 4.39 Å². The van der Waals surface area contributed by atoms with Gasteiger partial charge in [-0.3, -0.25) is 0 Å². The van der Waals surface area contributed by atoms with Gasteiger partial charge in [0.05, 0.1) is 0 Å². The van der Waals surface area contributed by atoms with Crippen LogP contribution in [-0.2, 0) is 12.8 Å². The zero-order valence-electron chi connectivity index (χ0n) is 11.5. The number of aryl methyl sites for hydroxylation is 1. The molecule has 0 aliphatic carbocycles. The summed E-state index contributed by atoms with van der Waals surface area (Å²) >= 11 is 0. The summed E-state index contributed by atoms with van der Waals surface area (Å²) in [6, 6.07) is 13.7. The lowest BCUT2D eigenvalue weighted by Crippen LogP contribution is -2.26. The average Bonchev–Trinajstić information content (AvgIpc) is 2.49. The molecule has 0 atom stereocenters. The molecule has 0 saturated carbocycles. The van der Waals surface area contributed by atoms with Crippen LogP contribution >= 0.6 is 0 Å². The Bertz CT molecular complexity index is 610. The summed E-state index contributed by atoms with van der Waals surface area (Å²) in [7, 11) is 0. The van der Waals surface area contributed by atoms with Gasteiger partial charge in [-0.15, -0.1) is 0 Å². The van der Waals surface area contributed by atoms with E-state index in [1.165, 1.54) is 17.3 Å². The zero-order chi connectivity index (χ0) is 13.9. The molecule has 0 bridgehead atoms. The summed E-state index contributed by atoms with van der Waals surface area (Å²) in [5, 5.41) is 0. The van der Waals surface area contributed by atoms with Gasteiger partial charge < -0.3 is 10.6 Å². The van der Waals surface area contributed by atoms with E-state index in [0.717, 1.165) is 30.6 Å². The summed E-state index contributed by atoms with van der Waals surface area (Å²) in [6.45, 7) is 1.39. The molecule has 0 unspecified atom stereocenters. The van der Waals surface area contributed by atoms with Gasteiger partial charge in [0.15, 0.2) is 0 Å². The minimum Gasteiger partial charge on any atom is -0.341 e. The summed E-state index contributed by atoms with van der Waals surface area (Å²) in [5.74, 6) is -0.156. The number of halogens is 1. The van der Waals surface area contributed by atoms with Gasteiger partial charge in [-0.25, -0.2) is 4.39 Å². The Balaban J connectivity index is 2.08. The number of fused-ring (bicyclic) bond motifs is 1. The average molecular weight is 270 g/mol. The van der Waals surface area contributed by atoms with Crippen LogP contribution in [0.15, 0.2) is 42.5 Å². The SMILES string of the molecule is NCCc1c(F)cccc1N1CCCc2ccccc21. The molecular formula is C17H19FN2. The predicted octanol–water partition coefficient (Wildman–Crippen LogP) is 3.41. The fourth-order valence-electron chi connectivity index (χ4n) is 2.98. The maximum absolute atomic E-state index is 14.1. The second kappa shape index (κ2) is 5.63. The van der Waals surface area contributed by atoms with Gasteiger partial charge >= 0.3 is 0 Å². The standard InChI is InChI=1S/C17H19FN2/c18-15-7-3-9-17(14(15)10-11-19)20-12-4-6-13-5-1-2-8-16(13)20/h1-3,5,7-9H,4,6,10-12,19H2. The Morgan fingerprint density at radius 3 is 2.70 bits per heavy atom. The number of anilines is 2. The minimum absolute atomic E-state index is 0.156. The molecule has 0 radical (unpaired) electrons. The van der Waals surface area contributed by atoms with Crippen molar-refractivity contribution in [3.63, 3.8) is 0 Å². The normalized spacial score (nSPS) is 14.2. The largest absolute Gasteiger partial charge is 0.341 e. The van der Waals surface area contributed by atoms with Gasteiger partial charge in [-0.05, 0) is 49.6 Å². The molecule has 1 aliphatic rings. The molecule has 3 heteroatoms. The summed E-state index contributed by atoms with van der Waals surface area (Å²) in [5.41, 5.74) is 9.86. The van der Waals surface area contributed by atoms with Crippen LogP contribution in [0, 0.1) is 5.82 Å². The molecule has 2 nitrogen and oxygen atoms in total. The van der Waals surface area contributed by atoms with E-state index in [1.807, 2.05) is 12.1 Å². The Morgan fingerprint density at radius 1 is 1.05 bits per heavy atom. The van der Waals surface area contributed by atoms with Gasteiger partial charge in [-0.2, -0.15) is 0 Å². The maximum Gasteiger partial charge on any atom is 0.128 e. The zero-order valence-corrected chi connectivity index (χ0v) is 11.5. The van der Waals surface area contributed by atoms with Crippen molar-refractivity contribution in [2.75, 3.05) is 18.0 Å². The highest BCUT2D eigenvalue weighted by Gasteiger charge is 2.21. The highest BCUT2D eigenvalue weighted by Crippen LogP contribution is 2.35. The summed E-state index contributed by atoms with van der Waals surface area (Å²) in [6.07, 6.45) is 2.75. The third-order valence-electron chi connectivity index (χ3n) is 3.89. The molecule has 0 amide bonds. The van der Waals surface area contributed by atoms with E-state index in [-0.39, 0.29) is 5.82 Å². The highest BCUT2D eigenvalue weighted by molar-refractivity contribution is 5.70. The minimum atomic E-state index is -0.156. The molecule has 2 aromatic rings. The van der Waals surface area contributed by atoms with Crippen LogP contribution in [-0.4, -0.2) is 13.1 Å². The van der Waals surface area contributed by atoms with Crippen molar-refractivity contribution in [3.8, 4) is 0 Å². The summed E-state index contributed by atoms with van der Waals surface area (Å²) in [4.78, 5) is 2.23. The lowest BCUT2D eigenvalue weighted by Gasteiger charge is -2.33. The second-order valence-electron chi connectivity index (χ2n) is 5.16. The fraction of sp³-hybridized carbons (Fsp3) is 0.294. The van der Waals surface area contributed by atoms with Gasteiger partial charge in [0.25, 0.3) is 0 Å². The molecular weight excluding hydrogens is 251 g/mol. The predicted molar refractivity (Wildman–Crippen MR) is 80.9 cm³/mol. The number of para-hydroxylation sites is 1. The highest BCUT2D eigenvalue weighted by atomic mass is 19.1. The quantitative estimate of drug-likeness (QED) is 0.926. The van der Waals surface area contributed by atoms with E-state index >= 15 is 0 Å². The number of hydrogen-bond donors (Lipinski definition) is 1. The van der Waals surface area contributed by atoms with E-state index in [2.05, 4.69) is 23.1 Å². The van der Waals surface area contributed by atoms with Crippen LogP contribution in [0.4, 0.5) is 15.8 Å².